The van der Waals surface area contributed by atoms with Gasteiger partial charge in [-0.15, -0.1) is 0 Å². The number of nitrogens with zero attached hydrogens (tertiary/aromatic N) is 3. The van der Waals surface area contributed by atoms with E-state index in [1.54, 1.807) is 0 Å². The summed E-state index contributed by atoms with van der Waals surface area (Å²) in [6.45, 7) is 15.3. The first-order valence-electron chi connectivity index (χ1n) is 14.6. The fraction of sp³-hybridized carbons (Fsp3) is 0.548. The van der Waals surface area contributed by atoms with Gasteiger partial charge in [-0.1, -0.05) is 17.7 Å². The van der Waals surface area contributed by atoms with Crippen LogP contribution in [0.2, 0.25) is 6.82 Å². The Morgan fingerprint density at radius 1 is 0.974 bits per heavy atom. The quantitative estimate of drug-likeness (QED) is 0.343. The van der Waals surface area contributed by atoms with E-state index in [1.807, 2.05) is 6.82 Å². The zero-order valence-corrected chi connectivity index (χ0v) is 24.8. The first kappa shape index (κ1) is 31.1. The normalized spacial score (nSPS) is 17.0. The van der Waals surface area contributed by atoms with Crippen LogP contribution >= 0.6 is 0 Å². The molecule has 2 aromatic rings. The average molecular weight is 530 g/mol. The Kier molecular flexibility index (Phi) is 12.8. The molecule has 2 aliphatic heterocycles. The molecule has 0 aliphatic carbocycles. The van der Waals surface area contributed by atoms with Gasteiger partial charge in [-0.2, -0.15) is 0 Å². The number of anilines is 2. The van der Waals surface area contributed by atoms with Crippen molar-refractivity contribution in [1.29, 1.82) is 0 Å². The SMILES string of the molecule is CB(O)N1CCC(Nc2ccc(C)cc2)CC1.CC(C)=CCN(c1ccc(C)cc1)C1CCN(CB=O)CC1. The summed E-state index contributed by atoms with van der Waals surface area (Å²) in [5.74, 6) is 0. The van der Waals surface area contributed by atoms with Crippen LogP contribution in [0.5, 0.6) is 0 Å². The van der Waals surface area contributed by atoms with Crippen LogP contribution in [0.25, 0.3) is 0 Å². The first-order valence-corrected chi connectivity index (χ1v) is 14.6. The van der Waals surface area contributed by atoms with E-state index < -0.39 is 0 Å². The molecule has 4 rings (SSSR count). The van der Waals surface area contributed by atoms with E-state index in [1.165, 1.54) is 28.1 Å². The van der Waals surface area contributed by atoms with Crippen LogP contribution in [-0.4, -0.2) is 80.2 Å². The molecule has 0 unspecified atom stereocenters. The molecule has 0 radical (unpaired) electrons. The van der Waals surface area contributed by atoms with E-state index in [2.05, 4.69) is 102 Å². The molecular formula is C31H48B2N4O2. The predicted octanol–water partition coefficient (Wildman–Crippen LogP) is 5.22. The molecule has 0 spiro atoms. The summed E-state index contributed by atoms with van der Waals surface area (Å²) in [7, 11) is 0.705. The van der Waals surface area contributed by atoms with Crippen molar-refractivity contribution in [2.24, 2.45) is 0 Å². The third kappa shape index (κ3) is 10.6. The van der Waals surface area contributed by atoms with Crippen molar-refractivity contribution < 1.29 is 9.73 Å². The van der Waals surface area contributed by atoms with E-state index in [4.69, 9.17) is 0 Å². The van der Waals surface area contributed by atoms with E-state index in [9.17, 15) is 9.73 Å². The Bertz CT molecular complexity index is 1010. The van der Waals surface area contributed by atoms with Gasteiger partial charge in [0.15, 0.2) is 0 Å². The van der Waals surface area contributed by atoms with Gasteiger partial charge < -0.3 is 15.2 Å². The number of piperidine rings is 2. The summed E-state index contributed by atoms with van der Waals surface area (Å²) in [6.07, 6.45) is 7.32. The van der Waals surface area contributed by atoms with Gasteiger partial charge in [0, 0.05) is 11.7 Å². The third-order valence-corrected chi connectivity index (χ3v) is 7.87. The zero-order chi connectivity index (χ0) is 28.2. The van der Waals surface area contributed by atoms with Crippen LogP contribution in [0.1, 0.15) is 50.7 Å². The molecule has 2 aromatic carbocycles. The monoisotopic (exact) mass is 530 g/mol. The van der Waals surface area contributed by atoms with Crippen molar-refractivity contribution in [3.8, 4) is 0 Å². The molecule has 2 fully saturated rings. The van der Waals surface area contributed by atoms with Gasteiger partial charge in [0.05, 0.1) is 0 Å². The fourth-order valence-corrected chi connectivity index (χ4v) is 5.30. The molecule has 0 saturated carbocycles. The molecule has 0 atom stereocenters. The van der Waals surface area contributed by atoms with Crippen LogP contribution in [0, 0.1) is 13.8 Å². The van der Waals surface area contributed by atoms with Gasteiger partial charge in [0.2, 0.25) is 0 Å². The Hall–Kier alpha value is -2.41. The molecule has 0 aromatic heterocycles. The van der Waals surface area contributed by atoms with Crippen LogP contribution < -0.4 is 10.2 Å². The number of nitrogens with one attached hydrogen (secondary N) is 1. The Labute approximate surface area is 237 Å². The third-order valence-electron chi connectivity index (χ3n) is 7.87. The second kappa shape index (κ2) is 16.0. The molecular weight excluding hydrogens is 482 g/mol. The molecule has 0 bridgehead atoms. The van der Waals surface area contributed by atoms with Gasteiger partial charge in [-0.25, -0.2) is 0 Å². The van der Waals surface area contributed by atoms with Crippen molar-refractivity contribution in [3.63, 3.8) is 0 Å². The van der Waals surface area contributed by atoms with Crippen LogP contribution in [0.3, 0.4) is 0 Å². The molecule has 0 amide bonds. The van der Waals surface area contributed by atoms with Crippen LogP contribution in [-0.2, 0) is 4.70 Å². The standard InChI is InChI=1S/C18H27BN2O.C13H21BN2O/c1-15(2)8-13-21(17-6-4-16(3)5-7-17)18-9-11-20(12-10-18)14-19-22;1-11-3-5-12(6-4-11)15-13-7-9-16(10-8-13)14(2)17/h4-8,18H,9-14H2,1-3H3;3-6,13,15,17H,7-10H2,1-2H3. The van der Waals surface area contributed by atoms with E-state index in [0.29, 0.717) is 18.5 Å². The topological polar surface area (TPSA) is 59.1 Å². The summed E-state index contributed by atoms with van der Waals surface area (Å²) < 4.78 is 10.7. The molecule has 2 aliphatic rings. The second-order valence-electron chi connectivity index (χ2n) is 11.4. The van der Waals surface area contributed by atoms with Crippen molar-refractivity contribution in [2.75, 3.05) is 49.4 Å². The number of aryl methyl sites for hydroxylation is 2. The van der Waals surface area contributed by atoms with E-state index in [0.717, 1.165) is 65.6 Å². The maximum atomic E-state index is 10.7. The number of allylic oxidation sites excluding steroid dienone is 1. The van der Waals surface area contributed by atoms with Crippen molar-refractivity contribution in [1.82, 2.24) is 9.71 Å². The predicted molar refractivity (Wildman–Crippen MR) is 167 cm³/mol. The number of hydrogen-bond donors (Lipinski definition) is 2. The second-order valence-corrected chi connectivity index (χ2v) is 11.4. The van der Waals surface area contributed by atoms with Crippen molar-refractivity contribution in [2.45, 2.75) is 72.3 Å². The molecule has 210 valence electrons. The summed E-state index contributed by atoms with van der Waals surface area (Å²) in [5.41, 5.74) is 6.45. The summed E-state index contributed by atoms with van der Waals surface area (Å²) in [4.78, 5) is 6.88. The van der Waals surface area contributed by atoms with Gasteiger partial charge in [-0.05, 0) is 51.8 Å². The number of rotatable bonds is 9. The van der Waals surface area contributed by atoms with Crippen LogP contribution in [0.4, 0.5) is 11.4 Å². The summed E-state index contributed by atoms with van der Waals surface area (Å²) in [5, 5.41) is 13.0. The van der Waals surface area contributed by atoms with Gasteiger partial charge in [0.1, 0.15) is 0 Å². The molecule has 2 N–H and O–H groups in total. The summed E-state index contributed by atoms with van der Waals surface area (Å²) >= 11 is 0. The Morgan fingerprint density at radius 3 is 2.05 bits per heavy atom. The van der Waals surface area contributed by atoms with Crippen molar-refractivity contribution >= 4 is 25.6 Å². The number of benzene rings is 2. The van der Waals surface area contributed by atoms with Gasteiger partial charge in [-0.3, -0.25) is 0 Å². The fourth-order valence-electron chi connectivity index (χ4n) is 5.30. The minimum atomic E-state index is -0.310. The minimum absolute atomic E-state index is 0.310. The number of likely N-dealkylation sites (tertiary alicyclic amines) is 1. The summed E-state index contributed by atoms with van der Waals surface area (Å²) in [6, 6.07) is 18.5. The Morgan fingerprint density at radius 2 is 1.54 bits per heavy atom. The van der Waals surface area contributed by atoms with Crippen LogP contribution in [0.15, 0.2) is 60.2 Å². The average Bonchev–Trinajstić information content (AvgIpc) is 2.93. The van der Waals surface area contributed by atoms with Gasteiger partial charge in [0.25, 0.3) is 0 Å². The number of hydrogen-bond acceptors (Lipinski definition) is 6. The van der Waals surface area contributed by atoms with Gasteiger partial charge >= 0.3 is 142 Å². The molecule has 39 heavy (non-hydrogen) atoms. The van der Waals surface area contributed by atoms with Crippen molar-refractivity contribution in [3.05, 3.63) is 71.3 Å². The van der Waals surface area contributed by atoms with E-state index >= 15 is 0 Å². The zero-order valence-electron chi connectivity index (χ0n) is 24.8. The molecule has 2 heterocycles. The maximum absolute atomic E-state index is 10.7. The first-order chi connectivity index (χ1) is 18.7. The van der Waals surface area contributed by atoms with E-state index in [-0.39, 0.29) is 7.05 Å². The molecule has 6 nitrogen and oxygen atoms in total. The molecule has 2 saturated heterocycles. The Balaban J connectivity index is 0.000000223. The molecule has 8 heteroatoms.